The van der Waals surface area contributed by atoms with Crippen molar-refractivity contribution in [3.63, 3.8) is 0 Å². The Bertz CT molecular complexity index is 954. The van der Waals surface area contributed by atoms with Crippen LogP contribution >= 0.6 is 23.8 Å². The number of H-pyrrole nitrogens is 1. The average molecular weight is 417 g/mol. The molecule has 1 aromatic heterocycles. The van der Waals surface area contributed by atoms with E-state index in [2.05, 4.69) is 15.5 Å². The summed E-state index contributed by atoms with van der Waals surface area (Å²) in [5, 5.41) is 10.5. The molecular weight excluding hydrogens is 396 g/mol. The van der Waals surface area contributed by atoms with E-state index in [1.807, 2.05) is 42.5 Å². The van der Waals surface area contributed by atoms with Crippen LogP contribution in [0, 0.1) is 4.77 Å². The highest BCUT2D eigenvalue weighted by Gasteiger charge is 2.12. The minimum Gasteiger partial charge on any atom is -0.377 e. The van der Waals surface area contributed by atoms with Crippen molar-refractivity contribution >= 4 is 29.7 Å². The lowest BCUT2D eigenvalue weighted by Crippen LogP contribution is -2.29. The summed E-state index contributed by atoms with van der Waals surface area (Å²) in [5.74, 6) is 0.471. The van der Waals surface area contributed by atoms with Gasteiger partial charge < -0.3 is 10.1 Å². The molecule has 3 aromatic rings. The summed E-state index contributed by atoms with van der Waals surface area (Å²) in [6.45, 7) is 1.78. The van der Waals surface area contributed by atoms with Crippen molar-refractivity contribution in [3.8, 4) is 11.4 Å². The van der Waals surface area contributed by atoms with Crippen molar-refractivity contribution in [1.29, 1.82) is 0 Å². The van der Waals surface area contributed by atoms with E-state index in [4.69, 9.17) is 28.6 Å². The number of amides is 1. The lowest BCUT2D eigenvalue weighted by atomic mass is 10.2. The minimum atomic E-state index is -0.129. The highest BCUT2D eigenvalue weighted by molar-refractivity contribution is 7.71. The maximum absolute atomic E-state index is 12.3. The van der Waals surface area contributed by atoms with Gasteiger partial charge in [-0.15, -0.1) is 0 Å². The standard InChI is InChI=1S/C20H21ClN4O2S/c21-17-9-7-16(8-10-17)19-23-24-20(28)25(19)13-18(26)22-11-4-12-27-14-15-5-2-1-3-6-15/h1-3,5-10H,4,11-14H2,(H,22,26)(H,24,28). The van der Waals surface area contributed by atoms with Crippen molar-refractivity contribution in [2.75, 3.05) is 13.2 Å². The smallest absolute Gasteiger partial charge is 0.240 e. The van der Waals surface area contributed by atoms with Gasteiger partial charge in [-0.05, 0) is 48.5 Å². The van der Waals surface area contributed by atoms with Gasteiger partial charge in [0.2, 0.25) is 5.91 Å². The predicted octanol–water partition coefficient (Wildman–Crippen LogP) is 3.98. The number of hydrogen-bond acceptors (Lipinski definition) is 4. The van der Waals surface area contributed by atoms with Crippen molar-refractivity contribution < 1.29 is 9.53 Å². The molecule has 0 radical (unpaired) electrons. The Kier molecular flexibility index (Phi) is 7.36. The fourth-order valence-electron chi connectivity index (χ4n) is 2.65. The molecule has 0 spiro atoms. The van der Waals surface area contributed by atoms with Gasteiger partial charge >= 0.3 is 0 Å². The number of hydrogen-bond donors (Lipinski definition) is 2. The fraction of sp³-hybridized carbons (Fsp3) is 0.250. The van der Waals surface area contributed by atoms with Gasteiger partial charge in [-0.1, -0.05) is 41.9 Å². The molecule has 0 fully saturated rings. The first-order valence-electron chi connectivity index (χ1n) is 8.93. The first-order chi connectivity index (χ1) is 13.6. The SMILES string of the molecule is O=C(Cn1c(-c2ccc(Cl)cc2)n[nH]c1=S)NCCCOCc1ccccc1. The van der Waals surface area contributed by atoms with Crippen molar-refractivity contribution in [1.82, 2.24) is 20.1 Å². The number of rotatable bonds is 9. The lowest BCUT2D eigenvalue weighted by Gasteiger charge is -2.09. The molecule has 0 unspecified atom stereocenters. The van der Waals surface area contributed by atoms with Gasteiger partial charge in [0.25, 0.3) is 0 Å². The van der Waals surface area contributed by atoms with E-state index < -0.39 is 0 Å². The molecule has 8 heteroatoms. The zero-order valence-electron chi connectivity index (χ0n) is 15.2. The van der Waals surface area contributed by atoms with Crippen LogP contribution < -0.4 is 5.32 Å². The Morgan fingerprint density at radius 2 is 1.93 bits per heavy atom. The highest BCUT2D eigenvalue weighted by atomic mass is 35.5. The van der Waals surface area contributed by atoms with Crippen LogP contribution in [0.1, 0.15) is 12.0 Å². The Hall–Kier alpha value is -2.48. The second-order valence-corrected chi connectivity index (χ2v) is 7.01. The summed E-state index contributed by atoms with van der Waals surface area (Å²) < 4.78 is 7.68. The van der Waals surface area contributed by atoms with E-state index >= 15 is 0 Å². The molecule has 2 N–H and O–H groups in total. The van der Waals surface area contributed by atoms with Crippen LogP contribution in [0.15, 0.2) is 54.6 Å². The molecule has 1 heterocycles. The van der Waals surface area contributed by atoms with Crippen molar-refractivity contribution in [2.24, 2.45) is 0 Å². The maximum Gasteiger partial charge on any atom is 0.240 e. The van der Waals surface area contributed by atoms with E-state index in [0.717, 1.165) is 17.5 Å². The zero-order chi connectivity index (χ0) is 19.8. The van der Waals surface area contributed by atoms with Gasteiger partial charge in [0.15, 0.2) is 10.6 Å². The number of halogens is 1. The predicted molar refractivity (Wildman–Crippen MR) is 112 cm³/mol. The van der Waals surface area contributed by atoms with Gasteiger partial charge in [-0.3, -0.25) is 14.5 Å². The molecule has 0 aliphatic carbocycles. The van der Waals surface area contributed by atoms with Crippen LogP contribution in [0.3, 0.4) is 0 Å². The molecule has 0 bridgehead atoms. The second-order valence-electron chi connectivity index (χ2n) is 6.19. The van der Waals surface area contributed by atoms with Crippen LogP contribution in [-0.4, -0.2) is 33.8 Å². The van der Waals surface area contributed by atoms with Crippen LogP contribution in [0.5, 0.6) is 0 Å². The van der Waals surface area contributed by atoms with Crippen molar-refractivity contribution in [2.45, 2.75) is 19.6 Å². The lowest BCUT2D eigenvalue weighted by molar-refractivity contribution is -0.121. The Balaban J connectivity index is 1.44. The molecule has 1 amide bonds. The summed E-state index contributed by atoms with van der Waals surface area (Å²) >= 11 is 11.2. The summed E-state index contributed by atoms with van der Waals surface area (Å²) in [7, 11) is 0. The third-order valence-electron chi connectivity index (χ3n) is 4.06. The first-order valence-corrected chi connectivity index (χ1v) is 9.71. The van der Waals surface area contributed by atoms with Gasteiger partial charge in [0.05, 0.1) is 6.61 Å². The minimum absolute atomic E-state index is 0.0954. The molecule has 0 saturated heterocycles. The molecule has 0 saturated carbocycles. The third kappa shape index (κ3) is 5.76. The molecule has 3 rings (SSSR count). The van der Waals surface area contributed by atoms with E-state index in [-0.39, 0.29) is 12.5 Å². The van der Waals surface area contributed by atoms with E-state index in [1.54, 1.807) is 16.7 Å². The topological polar surface area (TPSA) is 71.9 Å². The Morgan fingerprint density at radius 3 is 2.68 bits per heavy atom. The number of nitrogens with one attached hydrogen (secondary N) is 2. The number of benzene rings is 2. The number of carbonyl (C=O) groups is 1. The summed E-state index contributed by atoms with van der Waals surface area (Å²) in [6, 6.07) is 17.2. The molecule has 0 aliphatic rings. The maximum atomic E-state index is 12.3. The van der Waals surface area contributed by atoms with E-state index in [9.17, 15) is 4.79 Å². The second kappa shape index (κ2) is 10.2. The van der Waals surface area contributed by atoms with Crippen molar-refractivity contribution in [3.05, 3.63) is 70.0 Å². The summed E-state index contributed by atoms with van der Waals surface area (Å²) in [5.41, 5.74) is 1.97. The van der Waals surface area contributed by atoms with E-state index in [1.165, 1.54) is 0 Å². The largest absolute Gasteiger partial charge is 0.377 e. The highest BCUT2D eigenvalue weighted by Crippen LogP contribution is 2.19. The van der Waals surface area contributed by atoms with Crippen LogP contribution in [-0.2, 0) is 22.7 Å². The summed E-state index contributed by atoms with van der Waals surface area (Å²) in [6.07, 6.45) is 0.736. The monoisotopic (exact) mass is 416 g/mol. The van der Waals surface area contributed by atoms with Gasteiger partial charge in [0.1, 0.15) is 6.54 Å². The molecule has 2 aromatic carbocycles. The fourth-order valence-corrected chi connectivity index (χ4v) is 2.97. The Morgan fingerprint density at radius 1 is 1.18 bits per heavy atom. The zero-order valence-corrected chi connectivity index (χ0v) is 16.8. The quantitative estimate of drug-likeness (QED) is 0.408. The number of aromatic nitrogens is 3. The molecule has 6 nitrogen and oxygen atoms in total. The van der Waals surface area contributed by atoms with Gasteiger partial charge in [0, 0.05) is 23.7 Å². The van der Waals surface area contributed by atoms with Crippen LogP contribution in [0.4, 0.5) is 0 Å². The number of nitrogens with zero attached hydrogens (tertiary/aromatic N) is 2. The summed E-state index contributed by atoms with van der Waals surface area (Å²) in [4.78, 5) is 12.3. The number of carbonyl (C=O) groups excluding carboxylic acids is 1. The van der Waals surface area contributed by atoms with E-state index in [0.29, 0.717) is 35.4 Å². The number of aromatic amines is 1. The molecule has 0 aliphatic heterocycles. The Labute approximate surface area is 173 Å². The number of ether oxygens (including phenoxy) is 1. The van der Waals surface area contributed by atoms with Crippen LogP contribution in [0.2, 0.25) is 5.02 Å². The molecule has 0 atom stereocenters. The molecule has 28 heavy (non-hydrogen) atoms. The molecule has 146 valence electrons. The molecular formula is C20H21ClN4O2S. The first kappa shape index (κ1) is 20.3. The van der Waals surface area contributed by atoms with Gasteiger partial charge in [-0.25, -0.2) is 0 Å². The average Bonchev–Trinajstić information content (AvgIpc) is 3.06. The van der Waals surface area contributed by atoms with Gasteiger partial charge in [-0.2, -0.15) is 5.10 Å². The van der Waals surface area contributed by atoms with Crippen LogP contribution in [0.25, 0.3) is 11.4 Å². The normalized spacial score (nSPS) is 10.8. The third-order valence-corrected chi connectivity index (χ3v) is 4.63.